The van der Waals surface area contributed by atoms with Gasteiger partial charge in [-0.1, -0.05) is 23.7 Å². The van der Waals surface area contributed by atoms with Crippen molar-refractivity contribution in [2.45, 2.75) is 13.8 Å². The molecule has 4 heteroatoms. The number of nitrogen functional groups attached to an aromatic ring is 1. The smallest absolute Gasteiger partial charge is 0.152 e. The van der Waals surface area contributed by atoms with Gasteiger partial charge >= 0.3 is 0 Å². The minimum atomic E-state index is -0.553. The third kappa shape index (κ3) is 2.41. The SMILES string of the molecule is Cc1cccc(Oc2cc(Cl)c(F)cc2N)c1C. The molecule has 0 heterocycles. The summed E-state index contributed by atoms with van der Waals surface area (Å²) in [6.45, 7) is 3.94. The third-order valence-electron chi connectivity index (χ3n) is 2.83. The lowest BCUT2D eigenvalue weighted by molar-refractivity contribution is 0.479. The maximum absolute atomic E-state index is 13.2. The Hall–Kier alpha value is -1.74. The monoisotopic (exact) mass is 265 g/mol. The van der Waals surface area contributed by atoms with Gasteiger partial charge in [0.2, 0.25) is 0 Å². The van der Waals surface area contributed by atoms with Crippen LogP contribution in [0.15, 0.2) is 30.3 Å². The molecule has 94 valence electrons. The number of anilines is 1. The minimum absolute atomic E-state index is 0.00972. The molecule has 2 aromatic carbocycles. The van der Waals surface area contributed by atoms with Crippen LogP contribution >= 0.6 is 11.6 Å². The fourth-order valence-electron chi connectivity index (χ4n) is 1.59. The summed E-state index contributed by atoms with van der Waals surface area (Å²) in [7, 11) is 0. The van der Waals surface area contributed by atoms with E-state index >= 15 is 0 Å². The van der Waals surface area contributed by atoms with Gasteiger partial charge in [-0.25, -0.2) is 4.39 Å². The highest BCUT2D eigenvalue weighted by Crippen LogP contribution is 2.33. The van der Waals surface area contributed by atoms with E-state index in [1.54, 1.807) is 0 Å². The van der Waals surface area contributed by atoms with Crippen molar-refractivity contribution in [3.05, 3.63) is 52.3 Å². The third-order valence-corrected chi connectivity index (χ3v) is 3.12. The second-order valence-electron chi connectivity index (χ2n) is 4.10. The van der Waals surface area contributed by atoms with E-state index in [0.29, 0.717) is 11.5 Å². The van der Waals surface area contributed by atoms with Gasteiger partial charge in [0.1, 0.15) is 11.6 Å². The zero-order chi connectivity index (χ0) is 13.3. The fourth-order valence-corrected chi connectivity index (χ4v) is 1.74. The van der Waals surface area contributed by atoms with Crippen molar-refractivity contribution in [1.82, 2.24) is 0 Å². The number of rotatable bonds is 2. The summed E-state index contributed by atoms with van der Waals surface area (Å²) in [5.41, 5.74) is 8.04. The highest BCUT2D eigenvalue weighted by atomic mass is 35.5. The first-order valence-corrected chi connectivity index (χ1v) is 5.85. The van der Waals surface area contributed by atoms with E-state index in [1.807, 2.05) is 32.0 Å². The number of hydrogen-bond acceptors (Lipinski definition) is 2. The molecule has 0 fully saturated rings. The average molecular weight is 266 g/mol. The Morgan fingerprint density at radius 1 is 1.17 bits per heavy atom. The summed E-state index contributed by atoms with van der Waals surface area (Å²) in [6, 6.07) is 8.25. The molecule has 0 atom stereocenters. The van der Waals surface area contributed by atoms with Crippen LogP contribution in [0.1, 0.15) is 11.1 Å². The molecule has 0 aliphatic rings. The molecule has 2 N–H and O–H groups in total. The van der Waals surface area contributed by atoms with E-state index in [-0.39, 0.29) is 10.7 Å². The quantitative estimate of drug-likeness (QED) is 0.813. The molecule has 2 aromatic rings. The van der Waals surface area contributed by atoms with Crippen LogP contribution < -0.4 is 10.5 Å². The molecule has 0 saturated heterocycles. The van der Waals surface area contributed by atoms with Crippen LogP contribution in [-0.4, -0.2) is 0 Å². The molecule has 0 bridgehead atoms. The normalized spacial score (nSPS) is 10.4. The minimum Gasteiger partial charge on any atom is -0.455 e. The van der Waals surface area contributed by atoms with E-state index < -0.39 is 5.82 Å². The predicted octanol–water partition coefficient (Wildman–Crippen LogP) is 4.47. The van der Waals surface area contributed by atoms with Gasteiger partial charge in [-0.05, 0) is 31.0 Å². The molecule has 2 nitrogen and oxygen atoms in total. The molecule has 0 radical (unpaired) electrons. The molecular weight excluding hydrogens is 253 g/mol. The standard InChI is InChI=1S/C14H13ClFNO/c1-8-4-3-5-13(9(8)2)18-14-6-10(15)11(16)7-12(14)17/h3-7H,17H2,1-2H3. The summed E-state index contributed by atoms with van der Waals surface area (Å²) >= 11 is 5.71. The van der Waals surface area contributed by atoms with Gasteiger partial charge in [0.05, 0.1) is 10.7 Å². The van der Waals surface area contributed by atoms with Gasteiger partial charge in [-0.15, -0.1) is 0 Å². The Balaban J connectivity index is 2.40. The van der Waals surface area contributed by atoms with Crippen molar-refractivity contribution in [3.63, 3.8) is 0 Å². The molecule has 0 saturated carbocycles. The Labute approximate surface area is 110 Å². The molecule has 0 aromatic heterocycles. The van der Waals surface area contributed by atoms with Gasteiger partial charge in [-0.3, -0.25) is 0 Å². The van der Waals surface area contributed by atoms with E-state index in [0.717, 1.165) is 17.2 Å². The van der Waals surface area contributed by atoms with Crippen LogP contribution in [0.5, 0.6) is 11.5 Å². The van der Waals surface area contributed by atoms with Crippen molar-refractivity contribution < 1.29 is 9.13 Å². The zero-order valence-electron chi connectivity index (χ0n) is 10.1. The molecule has 0 unspecified atom stereocenters. The lowest BCUT2D eigenvalue weighted by Gasteiger charge is -2.12. The van der Waals surface area contributed by atoms with E-state index in [4.69, 9.17) is 22.1 Å². The zero-order valence-corrected chi connectivity index (χ0v) is 10.9. The van der Waals surface area contributed by atoms with Gasteiger partial charge in [0.25, 0.3) is 0 Å². The average Bonchev–Trinajstić information content (AvgIpc) is 2.32. The molecule has 18 heavy (non-hydrogen) atoms. The Morgan fingerprint density at radius 2 is 1.89 bits per heavy atom. The van der Waals surface area contributed by atoms with E-state index in [9.17, 15) is 4.39 Å². The van der Waals surface area contributed by atoms with Crippen LogP contribution in [0.25, 0.3) is 0 Å². The summed E-state index contributed by atoms with van der Waals surface area (Å²) in [4.78, 5) is 0. The van der Waals surface area contributed by atoms with Gasteiger partial charge in [0.15, 0.2) is 5.75 Å². The number of halogens is 2. The Kier molecular flexibility index (Phi) is 3.43. The van der Waals surface area contributed by atoms with Gasteiger partial charge < -0.3 is 10.5 Å². The summed E-state index contributed by atoms with van der Waals surface area (Å²) in [6.07, 6.45) is 0. The van der Waals surface area contributed by atoms with Gasteiger partial charge in [-0.2, -0.15) is 0 Å². The van der Waals surface area contributed by atoms with Crippen LogP contribution in [0.2, 0.25) is 5.02 Å². The van der Waals surface area contributed by atoms with Crippen molar-refractivity contribution in [2.24, 2.45) is 0 Å². The Morgan fingerprint density at radius 3 is 2.61 bits per heavy atom. The first-order valence-electron chi connectivity index (χ1n) is 5.47. The van der Waals surface area contributed by atoms with Crippen LogP contribution in [0, 0.1) is 19.7 Å². The summed E-state index contributed by atoms with van der Waals surface area (Å²) in [5.74, 6) is 0.488. The largest absolute Gasteiger partial charge is 0.455 e. The molecule has 0 spiro atoms. The topological polar surface area (TPSA) is 35.2 Å². The first-order chi connectivity index (χ1) is 8.49. The molecule has 2 rings (SSSR count). The molecular formula is C14H13ClFNO. The van der Waals surface area contributed by atoms with Crippen molar-refractivity contribution in [1.29, 1.82) is 0 Å². The van der Waals surface area contributed by atoms with Crippen molar-refractivity contribution >= 4 is 17.3 Å². The van der Waals surface area contributed by atoms with Crippen LogP contribution in [0.4, 0.5) is 10.1 Å². The number of ether oxygens (including phenoxy) is 1. The van der Waals surface area contributed by atoms with E-state index in [1.165, 1.54) is 6.07 Å². The fraction of sp³-hybridized carbons (Fsp3) is 0.143. The highest BCUT2D eigenvalue weighted by Gasteiger charge is 2.10. The molecule has 0 aliphatic carbocycles. The van der Waals surface area contributed by atoms with E-state index in [2.05, 4.69) is 0 Å². The lowest BCUT2D eigenvalue weighted by atomic mass is 10.1. The van der Waals surface area contributed by atoms with Crippen molar-refractivity contribution in [3.8, 4) is 11.5 Å². The number of aryl methyl sites for hydroxylation is 1. The van der Waals surface area contributed by atoms with Gasteiger partial charge in [0, 0.05) is 12.1 Å². The molecule has 0 aliphatic heterocycles. The first kappa shape index (κ1) is 12.7. The van der Waals surface area contributed by atoms with Crippen LogP contribution in [-0.2, 0) is 0 Å². The maximum Gasteiger partial charge on any atom is 0.152 e. The number of hydrogen-bond donors (Lipinski definition) is 1. The van der Waals surface area contributed by atoms with Crippen molar-refractivity contribution in [2.75, 3.05) is 5.73 Å². The second-order valence-corrected chi connectivity index (χ2v) is 4.51. The number of nitrogens with two attached hydrogens (primary N) is 1. The predicted molar refractivity (Wildman–Crippen MR) is 71.8 cm³/mol. The number of benzene rings is 2. The Bertz CT molecular complexity index is 599. The summed E-state index contributed by atoms with van der Waals surface area (Å²) in [5, 5.41) is -0.00972. The maximum atomic E-state index is 13.2. The molecule has 0 amide bonds. The summed E-state index contributed by atoms with van der Waals surface area (Å²) < 4.78 is 18.9. The highest BCUT2D eigenvalue weighted by molar-refractivity contribution is 6.31. The lowest BCUT2D eigenvalue weighted by Crippen LogP contribution is -1.95. The second kappa shape index (κ2) is 4.86. The van der Waals surface area contributed by atoms with Crippen LogP contribution in [0.3, 0.4) is 0 Å².